The summed E-state index contributed by atoms with van der Waals surface area (Å²) in [5.41, 5.74) is 0.785. The van der Waals surface area contributed by atoms with Gasteiger partial charge < -0.3 is 9.80 Å². The van der Waals surface area contributed by atoms with Crippen LogP contribution in [0.25, 0.3) is 0 Å². The summed E-state index contributed by atoms with van der Waals surface area (Å²) in [7, 11) is 0. The normalized spacial score (nSPS) is 20.0. The van der Waals surface area contributed by atoms with Gasteiger partial charge >= 0.3 is 0 Å². The van der Waals surface area contributed by atoms with E-state index in [1.165, 1.54) is 24.4 Å². The lowest BCUT2D eigenvalue weighted by Crippen LogP contribution is -2.44. The minimum absolute atomic E-state index is 0.0301. The van der Waals surface area contributed by atoms with Gasteiger partial charge in [0.2, 0.25) is 5.91 Å². The fourth-order valence-corrected chi connectivity index (χ4v) is 4.34. The smallest absolute Gasteiger partial charge is 0.267 e. The Balaban J connectivity index is 1.55. The number of hydrogen-bond donors (Lipinski definition) is 0. The molecule has 0 saturated carbocycles. The molecule has 1 aromatic rings. The minimum atomic E-state index is 0.0301. The van der Waals surface area contributed by atoms with Crippen molar-refractivity contribution in [3.63, 3.8) is 0 Å². The zero-order chi connectivity index (χ0) is 16.9. The highest BCUT2D eigenvalue weighted by molar-refractivity contribution is 7.08. The molecule has 132 valence electrons. The van der Waals surface area contributed by atoms with E-state index in [0.717, 1.165) is 50.9 Å². The second-order valence-corrected chi connectivity index (χ2v) is 7.46. The molecule has 0 radical (unpaired) electrons. The van der Waals surface area contributed by atoms with E-state index in [9.17, 15) is 9.59 Å². The Morgan fingerprint density at radius 1 is 1.04 bits per heavy atom. The van der Waals surface area contributed by atoms with Crippen LogP contribution in [0.4, 0.5) is 0 Å². The Hall–Kier alpha value is -1.50. The SMILES string of the molecule is CCc1nnsc1C(=O)N1CCC(C(=O)N2CCCCCC2)CC1. The predicted molar refractivity (Wildman–Crippen MR) is 93.0 cm³/mol. The topological polar surface area (TPSA) is 66.4 Å². The molecule has 0 aromatic carbocycles. The van der Waals surface area contributed by atoms with Crippen LogP contribution in [0.3, 0.4) is 0 Å². The number of carbonyl (C=O) groups is 2. The highest BCUT2D eigenvalue weighted by Gasteiger charge is 2.31. The van der Waals surface area contributed by atoms with Crippen LogP contribution in [0.1, 0.15) is 60.8 Å². The molecule has 24 heavy (non-hydrogen) atoms. The average Bonchev–Trinajstić information content (AvgIpc) is 2.94. The number of likely N-dealkylation sites (tertiary alicyclic amines) is 2. The molecule has 0 spiro atoms. The van der Waals surface area contributed by atoms with Crippen LogP contribution < -0.4 is 0 Å². The Morgan fingerprint density at radius 3 is 2.33 bits per heavy atom. The molecule has 0 aliphatic carbocycles. The fourth-order valence-electron chi connectivity index (χ4n) is 3.62. The third-order valence-electron chi connectivity index (χ3n) is 5.13. The van der Waals surface area contributed by atoms with E-state index in [-0.39, 0.29) is 11.8 Å². The molecular weight excluding hydrogens is 324 g/mol. The molecule has 0 atom stereocenters. The zero-order valence-corrected chi connectivity index (χ0v) is 15.2. The van der Waals surface area contributed by atoms with Crippen LogP contribution in [-0.2, 0) is 11.2 Å². The molecule has 2 amide bonds. The molecule has 2 aliphatic rings. The molecule has 0 bridgehead atoms. The monoisotopic (exact) mass is 350 g/mol. The molecular formula is C17H26N4O2S. The molecule has 1 aromatic heterocycles. The highest BCUT2D eigenvalue weighted by atomic mass is 32.1. The second-order valence-electron chi connectivity index (χ2n) is 6.71. The maximum Gasteiger partial charge on any atom is 0.267 e. The summed E-state index contributed by atoms with van der Waals surface area (Å²) in [4.78, 5) is 29.9. The predicted octanol–water partition coefficient (Wildman–Crippen LogP) is 2.36. The third-order valence-corrected chi connectivity index (χ3v) is 5.89. The summed E-state index contributed by atoms with van der Waals surface area (Å²) in [6.45, 7) is 5.11. The number of amides is 2. The largest absolute Gasteiger partial charge is 0.342 e. The van der Waals surface area contributed by atoms with Crippen molar-refractivity contribution in [2.24, 2.45) is 5.92 Å². The van der Waals surface area contributed by atoms with Gasteiger partial charge in [0.05, 0.1) is 5.69 Å². The summed E-state index contributed by atoms with van der Waals surface area (Å²) in [5, 5.41) is 4.02. The number of rotatable bonds is 3. The van der Waals surface area contributed by atoms with Crippen molar-refractivity contribution in [2.45, 2.75) is 51.9 Å². The molecule has 6 nitrogen and oxygen atoms in total. The Labute approximate surface area is 147 Å². The summed E-state index contributed by atoms with van der Waals surface area (Å²) in [6, 6.07) is 0. The van der Waals surface area contributed by atoms with E-state index in [1.807, 2.05) is 11.8 Å². The van der Waals surface area contributed by atoms with Crippen LogP contribution in [-0.4, -0.2) is 57.4 Å². The van der Waals surface area contributed by atoms with Gasteiger partial charge in [-0.1, -0.05) is 24.3 Å². The van der Waals surface area contributed by atoms with E-state index in [0.29, 0.717) is 23.9 Å². The molecule has 0 unspecified atom stereocenters. The number of aromatic nitrogens is 2. The van der Waals surface area contributed by atoms with Crippen molar-refractivity contribution in [2.75, 3.05) is 26.2 Å². The molecule has 2 aliphatic heterocycles. The first kappa shape index (κ1) is 17.3. The van der Waals surface area contributed by atoms with E-state index in [1.54, 1.807) is 0 Å². The van der Waals surface area contributed by atoms with Gasteiger partial charge in [0.25, 0.3) is 5.91 Å². The van der Waals surface area contributed by atoms with Crippen molar-refractivity contribution in [1.82, 2.24) is 19.4 Å². The lowest BCUT2D eigenvalue weighted by Gasteiger charge is -2.33. The summed E-state index contributed by atoms with van der Waals surface area (Å²) >= 11 is 1.18. The molecule has 3 rings (SSSR count). The first-order valence-corrected chi connectivity index (χ1v) is 9.87. The lowest BCUT2D eigenvalue weighted by molar-refractivity contribution is -0.136. The van der Waals surface area contributed by atoms with Crippen LogP contribution in [0.2, 0.25) is 0 Å². The van der Waals surface area contributed by atoms with Gasteiger partial charge in [-0.15, -0.1) is 5.10 Å². The molecule has 2 fully saturated rings. The van der Waals surface area contributed by atoms with Crippen molar-refractivity contribution in [1.29, 1.82) is 0 Å². The molecule has 0 N–H and O–H groups in total. The minimum Gasteiger partial charge on any atom is -0.342 e. The van der Waals surface area contributed by atoms with E-state index < -0.39 is 0 Å². The number of nitrogens with zero attached hydrogens (tertiary/aromatic N) is 4. The van der Waals surface area contributed by atoms with Gasteiger partial charge in [-0.2, -0.15) is 0 Å². The van der Waals surface area contributed by atoms with Crippen molar-refractivity contribution >= 4 is 23.3 Å². The van der Waals surface area contributed by atoms with Crippen LogP contribution in [0, 0.1) is 5.92 Å². The fraction of sp³-hybridized carbons (Fsp3) is 0.765. The van der Waals surface area contributed by atoms with Crippen molar-refractivity contribution < 1.29 is 9.59 Å². The summed E-state index contributed by atoms with van der Waals surface area (Å²) < 4.78 is 3.91. The van der Waals surface area contributed by atoms with Gasteiger partial charge in [0.1, 0.15) is 4.88 Å². The Kier molecular flexibility index (Phi) is 5.81. The first-order valence-electron chi connectivity index (χ1n) is 9.10. The molecule has 2 saturated heterocycles. The maximum atomic E-state index is 12.7. The van der Waals surface area contributed by atoms with Crippen LogP contribution in [0.15, 0.2) is 0 Å². The Morgan fingerprint density at radius 2 is 1.71 bits per heavy atom. The summed E-state index contributed by atoms with van der Waals surface area (Å²) in [6.07, 6.45) is 6.99. The van der Waals surface area contributed by atoms with Gasteiger partial charge in [-0.3, -0.25) is 9.59 Å². The summed E-state index contributed by atoms with van der Waals surface area (Å²) in [5.74, 6) is 0.414. The third kappa shape index (κ3) is 3.77. The highest BCUT2D eigenvalue weighted by Crippen LogP contribution is 2.24. The quantitative estimate of drug-likeness (QED) is 0.839. The van der Waals surface area contributed by atoms with Gasteiger partial charge in [0, 0.05) is 32.1 Å². The number of hydrogen-bond acceptors (Lipinski definition) is 5. The standard InChI is InChI=1S/C17H26N4O2S/c1-2-14-15(24-19-18-14)17(23)21-11-7-13(8-12-21)16(22)20-9-5-3-4-6-10-20/h13H,2-12H2,1H3. The van der Waals surface area contributed by atoms with E-state index in [2.05, 4.69) is 14.5 Å². The second kappa shape index (κ2) is 8.05. The zero-order valence-electron chi connectivity index (χ0n) is 14.4. The van der Waals surface area contributed by atoms with Crippen molar-refractivity contribution in [3.05, 3.63) is 10.6 Å². The average molecular weight is 350 g/mol. The van der Waals surface area contributed by atoms with Gasteiger partial charge in [-0.25, -0.2) is 0 Å². The van der Waals surface area contributed by atoms with Crippen LogP contribution >= 0.6 is 11.5 Å². The maximum absolute atomic E-state index is 12.7. The Bertz CT molecular complexity index is 573. The number of carbonyl (C=O) groups excluding carboxylic acids is 2. The molecule has 7 heteroatoms. The van der Waals surface area contributed by atoms with E-state index in [4.69, 9.17) is 0 Å². The van der Waals surface area contributed by atoms with Gasteiger partial charge in [-0.05, 0) is 43.6 Å². The van der Waals surface area contributed by atoms with Crippen molar-refractivity contribution in [3.8, 4) is 0 Å². The lowest BCUT2D eigenvalue weighted by atomic mass is 9.95. The van der Waals surface area contributed by atoms with Gasteiger partial charge in [0.15, 0.2) is 0 Å². The van der Waals surface area contributed by atoms with Crippen LogP contribution in [0.5, 0.6) is 0 Å². The van der Waals surface area contributed by atoms with E-state index >= 15 is 0 Å². The molecule has 3 heterocycles. The number of piperidine rings is 1. The first-order chi connectivity index (χ1) is 11.7. The number of aryl methyl sites for hydroxylation is 1.